The molecule has 0 unspecified atom stereocenters. The van der Waals surface area contributed by atoms with Crippen molar-refractivity contribution in [2.75, 3.05) is 13.1 Å². The third-order valence-electron chi connectivity index (χ3n) is 3.41. The van der Waals surface area contributed by atoms with Crippen LogP contribution in [0.5, 0.6) is 0 Å². The van der Waals surface area contributed by atoms with Gasteiger partial charge in [-0.25, -0.2) is 0 Å². The Morgan fingerprint density at radius 3 is 2.74 bits per heavy atom. The van der Waals surface area contributed by atoms with Crippen LogP contribution in [0.15, 0.2) is 41.5 Å². The second kappa shape index (κ2) is 6.62. The lowest BCUT2D eigenvalue weighted by Crippen LogP contribution is -2.41. The Hall–Kier alpha value is -2.02. The predicted octanol–water partition coefficient (Wildman–Crippen LogP) is 2.75. The molecule has 2 rings (SSSR count). The van der Waals surface area contributed by atoms with Gasteiger partial charge in [0.05, 0.1) is 11.3 Å². The Labute approximate surface area is 137 Å². The summed E-state index contributed by atoms with van der Waals surface area (Å²) in [5.41, 5.74) is 12.1. The Bertz CT molecular complexity index is 649. The van der Waals surface area contributed by atoms with E-state index in [2.05, 4.69) is 5.32 Å². The molecule has 0 aliphatic carbocycles. The van der Waals surface area contributed by atoms with Crippen LogP contribution in [0.3, 0.4) is 0 Å². The molecule has 0 amide bonds. The van der Waals surface area contributed by atoms with Gasteiger partial charge in [0.1, 0.15) is 5.82 Å². The zero-order valence-corrected chi connectivity index (χ0v) is 13.3. The number of nitrogens with one attached hydrogen (secondary N) is 1. The van der Waals surface area contributed by atoms with Crippen LogP contribution in [0.1, 0.15) is 18.1 Å². The van der Waals surface area contributed by atoms with Crippen molar-refractivity contribution in [2.24, 2.45) is 11.5 Å². The SMILES string of the molecule is C/C(N)=C/C1=C(N)NCCN1Cc1cc(Cl)ccc1C(F)(F)F. The second-order valence-electron chi connectivity index (χ2n) is 5.33. The van der Waals surface area contributed by atoms with E-state index in [0.717, 1.165) is 6.07 Å². The van der Waals surface area contributed by atoms with Gasteiger partial charge in [0.2, 0.25) is 0 Å². The summed E-state index contributed by atoms with van der Waals surface area (Å²) in [6.07, 6.45) is -2.80. The average Bonchev–Trinajstić information content (AvgIpc) is 2.41. The minimum absolute atomic E-state index is 0.0386. The van der Waals surface area contributed by atoms with Crippen LogP contribution in [-0.4, -0.2) is 18.0 Å². The maximum absolute atomic E-state index is 13.2. The lowest BCUT2D eigenvalue weighted by molar-refractivity contribution is -0.138. The molecule has 0 saturated heterocycles. The molecule has 4 nitrogen and oxygen atoms in total. The molecule has 0 fully saturated rings. The first-order valence-electron chi connectivity index (χ1n) is 6.96. The van der Waals surface area contributed by atoms with Gasteiger partial charge in [0.25, 0.3) is 0 Å². The molecule has 0 aromatic heterocycles. The molecular weight excluding hydrogens is 329 g/mol. The van der Waals surface area contributed by atoms with Gasteiger partial charge in [-0.2, -0.15) is 13.2 Å². The van der Waals surface area contributed by atoms with E-state index in [1.165, 1.54) is 12.1 Å². The van der Waals surface area contributed by atoms with Gasteiger partial charge in [-0.3, -0.25) is 0 Å². The molecule has 0 bridgehead atoms. The van der Waals surface area contributed by atoms with Crippen molar-refractivity contribution in [1.29, 1.82) is 0 Å². The third kappa shape index (κ3) is 4.25. The highest BCUT2D eigenvalue weighted by molar-refractivity contribution is 6.30. The zero-order valence-electron chi connectivity index (χ0n) is 12.5. The summed E-state index contributed by atoms with van der Waals surface area (Å²) in [4.78, 5) is 1.75. The first-order chi connectivity index (χ1) is 10.7. The van der Waals surface area contributed by atoms with Gasteiger partial charge in [0, 0.05) is 30.4 Å². The molecule has 23 heavy (non-hydrogen) atoms. The molecule has 1 aromatic carbocycles. The Morgan fingerprint density at radius 2 is 2.13 bits per heavy atom. The number of halogens is 4. The highest BCUT2D eigenvalue weighted by atomic mass is 35.5. The van der Waals surface area contributed by atoms with E-state index in [1.54, 1.807) is 17.9 Å². The second-order valence-corrected chi connectivity index (χ2v) is 5.77. The van der Waals surface area contributed by atoms with Gasteiger partial charge < -0.3 is 21.7 Å². The van der Waals surface area contributed by atoms with E-state index >= 15 is 0 Å². The summed E-state index contributed by atoms with van der Waals surface area (Å²) >= 11 is 5.87. The molecule has 1 heterocycles. The van der Waals surface area contributed by atoms with Gasteiger partial charge in [-0.15, -0.1) is 0 Å². The summed E-state index contributed by atoms with van der Waals surface area (Å²) in [5, 5.41) is 3.23. The lowest BCUT2D eigenvalue weighted by Gasteiger charge is -2.32. The van der Waals surface area contributed by atoms with Crippen LogP contribution in [0.25, 0.3) is 0 Å². The number of rotatable bonds is 3. The van der Waals surface area contributed by atoms with E-state index in [0.29, 0.717) is 30.3 Å². The van der Waals surface area contributed by atoms with E-state index in [4.69, 9.17) is 23.1 Å². The molecule has 0 spiro atoms. The average molecular weight is 347 g/mol. The standard InChI is InChI=1S/C15H18ClF3N4/c1-9(20)6-13-14(21)22-4-5-23(13)8-10-7-11(16)2-3-12(10)15(17,18)19/h2-3,6-7,22H,4-5,8,20-21H2,1H3/b9-6-. The number of nitrogens with two attached hydrogens (primary N) is 2. The van der Waals surface area contributed by atoms with Crippen LogP contribution >= 0.6 is 11.6 Å². The maximum atomic E-state index is 13.2. The summed E-state index contributed by atoms with van der Waals surface area (Å²) in [7, 11) is 0. The van der Waals surface area contributed by atoms with Crippen molar-refractivity contribution in [3.8, 4) is 0 Å². The molecule has 5 N–H and O–H groups in total. The first-order valence-corrected chi connectivity index (χ1v) is 7.34. The summed E-state index contributed by atoms with van der Waals surface area (Å²) in [5.74, 6) is 0.386. The molecule has 1 aliphatic rings. The summed E-state index contributed by atoms with van der Waals surface area (Å²) in [6, 6.07) is 3.57. The van der Waals surface area contributed by atoms with Crippen molar-refractivity contribution in [1.82, 2.24) is 10.2 Å². The molecular formula is C15H18ClF3N4. The molecule has 1 aliphatic heterocycles. The topological polar surface area (TPSA) is 67.3 Å². The molecule has 0 radical (unpaired) electrons. The highest BCUT2D eigenvalue weighted by Gasteiger charge is 2.34. The minimum Gasteiger partial charge on any atom is -0.402 e. The molecule has 0 saturated carbocycles. The van der Waals surface area contributed by atoms with Crippen LogP contribution in [0, 0.1) is 0 Å². The Kier molecular flexibility index (Phi) is 4.99. The van der Waals surface area contributed by atoms with Crippen molar-refractivity contribution in [2.45, 2.75) is 19.6 Å². The van der Waals surface area contributed by atoms with E-state index < -0.39 is 11.7 Å². The van der Waals surface area contributed by atoms with Gasteiger partial charge in [-0.1, -0.05) is 11.6 Å². The lowest BCUT2D eigenvalue weighted by atomic mass is 10.1. The zero-order chi connectivity index (χ0) is 17.2. The molecule has 8 heteroatoms. The fourth-order valence-electron chi connectivity index (χ4n) is 2.43. The largest absolute Gasteiger partial charge is 0.416 e. The van der Waals surface area contributed by atoms with Gasteiger partial charge in [-0.05, 0) is 36.8 Å². The fraction of sp³-hybridized carbons (Fsp3) is 0.333. The normalized spacial score (nSPS) is 16.6. The molecule has 126 valence electrons. The van der Waals surface area contributed by atoms with E-state index in [-0.39, 0.29) is 17.1 Å². The summed E-state index contributed by atoms with van der Waals surface area (Å²) in [6.45, 7) is 2.77. The van der Waals surface area contributed by atoms with Gasteiger partial charge >= 0.3 is 6.18 Å². The van der Waals surface area contributed by atoms with E-state index in [9.17, 15) is 13.2 Å². The number of allylic oxidation sites excluding steroid dienone is 2. The van der Waals surface area contributed by atoms with Crippen molar-refractivity contribution in [3.05, 3.63) is 57.6 Å². The van der Waals surface area contributed by atoms with Crippen LogP contribution in [0.2, 0.25) is 5.02 Å². The number of benzene rings is 1. The van der Waals surface area contributed by atoms with Crippen LogP contribution in [0.4, 0.5) is 13.2 Å². The predicted molar refractivity (Wildman–Crippen MR) is 84.0 cm³/mol. The minimum atomic E-state index is -4.44. The van der Waals surface area contributed by atoms with Crippen molar-refractivity contribution < 1.29 is 13.2 Å². The van der Waals surface area contributed by atoms with E-state index in [1.807, 2.05) is 0 Å². The van der Waals surface area contributed by atoms with Crippen molar-refractivity contribution >= 4 is 11.6 Å². The number of hydrogen-bond acceptors (Lipinski definition) is 4. The molecule has 1 aromatic rings. The van der Waals surface area contributed by atoms with Crippen molar-refractivity contribution in [3.63, 3.8) is 0 Å². The first kappa shape index (κ1) is 17.3. The maximum Gasteiger partial charge on any atom is 0.416 e. The Balaban J connectivity index is 2.40. The third-order valence-corrected chi connectivity index (χ3v) is 3.65. The van der Waals surface area contributed by atoms with Crippen LogP contribution in [-0.2, 0) is 12.7 Å². The number of nitrogens with zero attached hydrogens (tertiary/aromatic N) is 1. The van der Waals surface area contributed by atoms with Gasteiger partial charge in [0.15, 0.2) is 0 Å². The molecule has 0 atom stereocenters. The van der Waals surface area contributed by atoms with Crippen LogP contribution < -0.4 is 16.8 Å². The fourth-order valence-corrected chi connectivity index (χ4v) is 2.63. The highest BCUT2D eigenvalue weighted by Crippen LogP contribution is 2.34. The number of alkyl halides is 3. The summed E-state index contributed by atoms with van der Waals surface area (Å²) < 4.78 is 39.5. The Morgan fingerprint density at radius 1 is 1.43 bits per heavy atom. The monoisotopic (exact) mass is 346 g/mol. The smallest absolute Gasteiger partial charge is 0.402 e. The quantitative estimate of drug-likeness (QED) is 0.787. The number of hydrogen-bond donors (Lipinski definition) is 3.